The maximum Gasteiger partial charge on any atom is 0.340 e. The van der Waals surface area contributed by atoms with Gasteiger partial charge in [-0.15, -0.1) is 0 Å². The smallest absolute Gasteiger partial charge is 0.340 e. The molecule has 1 aliphatic heterocycles. The molecule has 0 spiro atoms. The number of ether oxygens (including phenoxy) is 2. The van der Waals surface area contributed by atoms with Gasteiger partial charge < -0.3 is 9.47 Å². The molecular formula is C19H18ClNO6S. The van der Waals surface area contributed by atoms with Gasteiger partial charge in [0, 0.05) is 18.7 Å². The predicted molar refractivity (Wildman–Crippen MR) is 102 cm³/mol. The van der Waals surface area contributed by atoms with Crippen molar-refractivity contribution in [2.75, 3.05) is 32.9 Å². The van der Waals surface area contributed by atoms with Crippen LogP contribution in [0.25, 0.3) is 0 Å². The fourth-order valence-electron chi connectivity index (χ4n) is 2.67. The van der Waals surface area contributed by atoms with Crippen molar-refractivity contribution in [2.24, 2.45) is 0 Å². The number of sulfonamides is 1. The van der Waals surface area contributed by atoms with E-state index in [1.807, 2.05) is 0 Å². The average molecular weight is 424 g/mol. The van der Waals surface area contributed by atoms with Crippen molar-refractivity contribution in [1.29, 1.82) is 0 Å². The summed E-state index contributed by atoms with van der Waals surface area (Å²) in [7, 11) is -3.79. The molecule has 0 saturated carbocycles. The minimum Gasteiger partial charge on any atom is -0.454 e. The monoisotopic (exact) mass is 423 g/mol. The molecule has 0 unspecified atom stereocenters. The first kappa shape index (κ1) is 20.5. The number of nitrogens with zero attached hydrogens (tertiary/aromatic N) is 1. The molecule has 1 heterocycles. The van der Waals surface area contributed by atoms with Crippen LogP contribution in [0.4, 0.5) is 0 Å². The number of benzene rings is 2. The molecule has 0 N–H and O–H groups in total. The number of esters is 1. The van der Waals surface area contributed by atoms with Crippen LogP contribution in [0.5, 0.6) is 0 Å². The molecular weight excluding hydrogens is 406 g/mol. The Kier molecular flexibility index (Phi) is 6.46. The van der Waals surface area contributed by atoms with E-state index in [4.69, 9.17) is 21.1 Å². The Morgan fingerprint density at radius 1 is 1.07 bits per heavy atom. The molecule has 0 aliphatic carbocycles. The van der Waals surface area contributed by atoms with E-state index in [9.17, 15) is 18.0 Å². The Balaban J connectivity index is 1.75. The van der Waals surface area contributed by atoms with Gasteiger partial charge in [0.1, 0.15) is 0 Å². The molecule has 2 aromatic rings. The summed E-state index contributed by atoms with van der Waals surface area (Å²) in [6, 6.07) is 12.2. The number of morpholine rings is 1. The molecule has 9 heteroatoms. The summed E-state index contributed by atoms with van der Waals surface area (Å²) in [5.74, 6) is -1.24. The minimum atomic E-state index is -3.79. The molecule has 148 valence electrons. The summed E-state index contributed by atoms with van der Waals surface area (Å²) in [5.41, 5.74) is 0.293. The third-order valence-electron chi connectivity index (χ3n) is 4.20. The number of rotatable bonds is 6. The largest absolute Gasteiger partial charge is 0.454 e. The van der Waals surface area contributed by atoms with Gasteiger partial charge in [-0.2, -0.15) is 4.31 Å². The van der Waals surface area contributed by atoms with Crippen LogP contribution in [0.1, 0.15) is 20.7 Å². The standard InChI is InChI=1S/C19H18ClNO6S/c20-17-7-6-15(28(24,25)21-8-10-26-11-9-21)12-16(17)19(23)27-13-18(22)14-4-2-1-3-5-14/h1-7,12H,8-11,13H2. The molecule has 0 aromatic heterocycles. The number of halogens is 1. The van der Waals surface area contributed by atoms with Crippen molar-refractivity contribution in [3.63, 3.8) is 0 Å². The maximum absolute atomic E-state index is 12.7. The normalized spacial score (nSPS) is 15.2. The Morgan fingerprint density at radius 2 is 1.75 bits per heavy atom. The SMILES string of the molecule is O=C(COC(=O)c1cc(S(=O)(=O)N2CCOCC2)ccc1Cl)c1ccccc1. The summed E-state index contributed by atoms with van der Waals surface area (Å²) >= 11 is 6.05. The van der Waals surface area contributed by atoms with E-state index < -0.39 is 22.6 Å². The van der Waals surface area contributed by atoms with E-state index in [1.54, 1.807) is 30.3 Å². The average Bonchev–Trinajstić information content (AvgIpc) is 2.73. The Morgan fingerprint density at radius 3 is 2.43 bits per heavy atom. The van der Waals surface area contributed by atoms with E-state index in [1.165, 1.54) is 22.5 Å². The highest BCUT2D eigenvalue weighted by Gasteiger charge is 2.28. The number of carbonyl (C=O) groups excluding carboxylic acids is 2. The summed E-state index contributed by atoms with van der Waals surface area (Å²) in [6.07, 6.45) is 0. The van der Waals surface area contributed by atoms with Gasteiger partial charge in [0.2, 0.25) is 10.0 Å². The molecule has 28 heavy (non-hydrogen) atoms. The van der Waals surface area contributed by atoms with Crippen molar-refractivity contribution < 1.29 is 27.5 Å². The third-order valence-corrected chi connectivity index (χ3v) is 6.42. The van der Waals surface area contributed by atoms with Crippen LogP contribution in [0, 0.1) is 0 Å². The maximum atomic E-state index is 12.7. The molecule has 2 aromatic carbocycles. The second-order valence-electron chi connectivity index (χ2n) is 6.02. The van der Waals surface area contributed by atoms with Gasteiger partial charge in [-0.05, 0) is 18.2 Å². The number of hydrogen-bond donors (Lipinski definition) is 0. The minimum absolute atomic E-state index is 0.0399. The zero-order valence-corrected chi connectivity index (χ0v) is 16.4. The highest BCUT2D eigenvalue weighted by Crippen LogP contribution is 2.24. The van der Waals surface area contributed by atoms with Crippen LogP contribution in [-0.4, -0.2) is 57.4 Å². The van der Waals surface area contributed by atoms with Crippen LogP contribution in [0.3, 0.4) is 0 Å². The molecule has 7 nitrogen and oxygen atoms in total. The van der Waals surface area contributed by atoms with Crippen molar-refractivity contribution in [3.05, 3.63) is 64.7 Å². The van der Waals surface area contributed by atoms with Crippen molar-refractivity contribution in [3.8, 4) is 0 Å². The molecule has 1 saturated heterocycles. The third kappa shape index (κ3) is 4.59. The summed E-state index contributed by atoms with van der Waals surface area (Å²) < 4.78 is 37.0. The van der Waals surface area contributed by atoms with Crippen molar-refractivity contribution >= 4 is 33.4 Å². The highest BCUT2D eigenvalue weighted by molar-refractivity contribution is 7.89. The zero-order valence-electron chi connectivity index (χ0n) is 14.8. The van der Waals surface area contributed by atoms with E-state index in [0.29, 0.717) is 18.8 Å². The van der Waals surface area contributed by atoms with Crippen molar-refractivity contribution in [1.82, 2.24) is 4.31 Å². The number of ketones is 1. The topological polar surface area (TPSA) is 90.0 Å². The molecule has 0 radical (unpaired) electrons. The van der Waals surface area contributed by atoms with Crippen LogP contribution in [0.2, 0.25) is 5.02 Å². The van der Waals surface area contributed by atoms with Gasteiger partial charge in [-0.1, -0.05) is 41.9 Å². The van der Waals surface area contributed by atoms with Crippen molar-refractivity contribution in [2.45, 2.75) is 4.90 Å². The fourth-order valence-corrected chi connectivity index (χ4v) is 4.30. The second kappa shape index (κ2) is 8.83. The van der Waals surface area contributed by atoms with Gasteiger partial charge in [-0.25, -0.2) is 13.2 Å². The quantitative estimate of drug-likeness (QED) is 0.523. The van der Waals surface area contributed by atoms with Crippen LogP contribution in [-0.2, 0) is 19.5 Å². The molecule has 1 aliphatic rings. The first-order valence-electron chi connectivity index (χ1n) is 8.52. The second-order valence-corrected chi connectivity index (χ2v) is 8.37. The zero-order chi connectivity index (χ0) is 20.1. The van der Waals surface area contributed by atoms with Gasteiger partial charge in [0.15, 0.2) is 12.4 Å². The molecule has 0 amide bonds. The first-order valence-corrected chi connectivity index (χ1v) is 10.3. The lowest BCUT2D eigenvalue weighted by molar-refractivity contribution is 0.0474. The number of hydrogen-bond acceptors (Lipinski definition) is 6. The number of Topliss-reactive ketones (excluding diaryl/α,β-unsaturated/α-hetero) is 1. The lowest BCUT2D eigenvalue weighted by Gasteiger charge is -2.26. The molecule has 3 rings (SSSR count). The fraction of sp³-hybridized carbons (Fsp3) is 0.263. The molecule has 0 bridgehead atoms. The first-order chi connectivity index (χ1) is 13.4. The lowest BCUT2D eigenvalue weighted by atomic mass is 10.1. The van der Waals surface area contributed by atoms with Gasteiger partial charge in [0.05, 0.1) is 28.7 Å². The molecule has 0 atom stereocenters. The molecule has 1 fully saturated rings. The Bertz CT molecular complexity index is 971. The van der Waals surface area contributed by atoms with E-state index in [-0.39, 0.29) is 34.4 Å². The van der Waals surface area contributed by atoms with Crippen LogP contribution < -0.4 is 0 Å². The van der Waals surface area contributed by atoms with Gasteiger partial charge >= 0.3 is 5.97 Å². The van der Waals surface area contributed by atoms with Gasteiger partial charge in [0.25, 0.3) is 0 Å². The summed E-state index contributed by atoms with van der Waals surface area (Å²) in [5, 5.41) is 0.0399. The highest BCUT2D eigenvalue weighted by atomic mass is 35.5. The summed E-state index contributed by atoms with van der Waals surface area (Å²) in [4.78, 5) is 24.4. The van der Waals surface area contributed by atoms with Crippen LogP contribution in [0.15, 0.2) is 53.4 Å². The Hall–Kier alpha value is -2.26. The van der Waals surface area contributed by atoms with E-state index in [2.05, 4.69) is 0 Å². The van der Waals surface area contributed by atoms with E-state index in [0.717, 1.165) is 0 Å². The lowest BCUT2D eigenvalue weighted by Crippen LogP contribution is -2.40. The summed E-state index contributed by atoms with van der Waals surface area (Å²) in [6.45, 7) is 0.610. The predicted octanol–water partition coefficient (Wildman–Crippen LogP) is 2.40. The number of carbonyl (C=O) groups is 2. The van der Waals surface area contributed by atoms with Crippen LogP contribution >= 0.6 is 11.6 Å². The van der Waals surface area contributed by atoms with Gasteiger partial charge in [-0.3, -0.25) is 4.79 Å². The van der Waals surface area contributed by atoms with E-state index >= 15 is 0 Å². The Labute approximate surface area is 167 Å².